The fraction of sp³-hybridized carbons (Fsp3) is 0.129. The fourth-order valence-electron chi connectivity index (χ4n) is 5.26. The summed E-state index contributed by atoms with van der Waals surface area (Å²) in [7, 11) is 1.36. The number of pyridine rings is 1. The number of benzene rings is 3. The van der Waals surface area contributed by atoms with Crippen LogP contribution in [0.25, 0.3) is 44.0 Å². The number of carbonyl (C=O) groups excluding carboxylic acids is 2. The first kappa shape index (κ1) is 22.7. The number of esters is 1. The monoisotopic (exact) mass is 487 g/mol. The van der Waals surface area contributed by atoms with E-state index in [1.807, 2.05) is 48.7 Å². The average molecular weight is 488 g/mol. The van der Waals surface area contributed by atoms with Crippen LogP contribution in [0.2, 0.25) is 0 Å². The van der Waals surface area contributed by atoms with Gasteiger partial charge in [0.2, 0.25) is 5.91 Å². The summed E-state index contributed by atoms with van der Waals surface area (Å²) in [5.74, 6) is -0.600. The Morgan fingerprint density at radius 3 is 2.32 bits per heavy atom. The van der Waals surface area contributed by atoms with Gasteiger partial charge in [0.15, 0.2) is 0 Å². The highest BCUT2D eigenvalue weighted by atomic mass is 16.5. The number of methoxy groups -OCH3 is 1. The van der Waals surface area contributed by atoms with Crippen LogP contribution in [-0.2, 0) is 11.3 Å². The van der Waals surface area contributed by atoms with Gasteiger partial charge in [-0.05, 0) is 30.7 Å². The largest absolute Gasteiger partial charge is 0.464 e. The first-order valence-corrected chi connectivity index (χ1v) is 12.1. The summed E-state index contributed by atoms with van der Waals surface area (Å²) in [6.07, 6.45) is 1.82. The molecule has 0 bridgehead atoms. The lowest BCUT2D eigenvalue weighted by molar-refractivity contribution is 0.0594. The Morgan fingerprint density at radius 1 is 0.865 bits per heavy atom. The normalized spacial score (nSPS) is 11.4. The number of para-hydroxylation sites is 2. The van der Waals surface area contributed by atoms with Gasteiger partial charge < -0.3 is 9.30 Å². The Labute approximate surface area is 213 Å². The van der Waals surface area contributed by atoms with Gasteiger partial charge in [-0.15, -0.1) is 0 Å². The maximum atomic E-state index is 12.7. The van der Waals surface area contributed by atoms with Crippen molar-refractivity contribution in [2.45, 2.75) is 20.4 Å². The maximum absolute atomic E-state index is 12.7. The molecule has 0 saturated heterocycles. The van der Waals surface area contributed by atoms with Crippen molar-refractivity contribution in [3.05, 3.63) is 102 Å². The van der Waals surface area contributed by atoms with E-state index in [-0.39, 0.29) is 11.6 Å². The number of aryl methyl sites for hydroxylation is 1. The standard InChI is InChI=1S/C31H25N3O3/c1-19-9-8-10-21(15-19)17-34-28-14-7-4-11-22(28)24-16-26(31(36)37-3)32-29(30(24)34)25-18-33(20(2)35)27-13-6-5-12-23(25)27/h4-16,18H,17H2,1-3H3. The molecule has 0 aliphatic carbocycles. The van der Waals surface area contributed by atoms with Gasteiger partial charge in [-0.3, -0.25) is 9.36 Å². The molecule has 37 heavy (non-hydrogen) atoms. The van der Waals surface area contributed by atoms with E-state index < -0.39 is 5.97 Å². The summed E-state index contributed by atoms with van der Waals surface area (Å²) in [4.78, 5) is 30.1. The Kier molecular flexibility index (Phi) is 5.37. The fourth-order valence-corrected chi connectivity index (χ4v) is 5.26. The molecule has 0 saturated carbocycles. The molecule has 0 unspecified atom stereocenters. The first-order chi connectivity index (χ1) is 18.0. The summed E-state index contributed by atoms with van der Waals surface area (Å²) in [5, 5.41) is 2.82. The summed E-state index contributed by atoms with van der Waals surface area (Å²) < 4.78 is 8.96. The van der Waals surface area contributed by atoms with Gasteiger partial charge in [0.25, 0.3) is 0 Å². The van der Waals surface area contributed by atoms with Crippen LogP contribution in [0, 0.1) is 6.92 Å². The smallest absolute Gasteiger partial charge is 0.356 e. The van der Waals surface area contributed by atoms with Crippen molar-refractivity contribution in [2.24, 2.45) is 0 Å². The number of rotatable bonds is 4. The predicted octanol–water partition coefficient (Wildman–Crippen LogP) is 6.61. The van der Waals surface area contributed by atoms with Crippen LogP contribution in [0.3, 0.4) is 0 Å². The van der Waals surface area contributed by atoms with Gasteiger partial charge in [0, 0.05) is 46.9 Å². The highest BCUT2D eigenvalue weighted by molar-refractivity contribution is 6.16. The second kappa shape index (κ2) is 8.75. The summed E-state index contributed by atoms with van der Waals surface area (Å²) in [6, 6.07) is 26.2. The molecule has 0 N–H and O–H groups in total. The Hall–Kier alpha value is -4.71. The molecular weight excluding hydrogens is 462 g/mol. The molecule has 6 heteroatoms. The van der Waals surface area contributed by atoms with Crippen molar-refractivity contribution in [3.63, 3.8) is 0 Å². The Balaban J connectivity index is 1.76. The van der Waals surface area contributed by atoms with Crippen molar-refractivity contribution in [1.29, 1.82) is 0 Å². The topological polar surface area (TPSA) is 66.1 Å². The van der Waals surface area contributed by atoms with Gasteiger partial charge in [-0.1, -0.05) is 66.2 Å². The molecule has 182 valence electrons. The van der Waals surface area contributed by atoms with Crippen molar-refractivity contribution < 1.29 is 14.3 Å². The van der Waals surface area contributed by atoms with Crippen LogP contribution < -0.4 is 0 Å². The SMILES string of the molecule is COC(=O)c1cc2c3ccccc3n(Cc3cccc(C)c3)c2c(-c2cn(C(C)=O)c3ccccc23)n1. The lowest BCUT2D eigenvalue weighted by Crippen LogP contribution is -2.07. The van der Waals surface area contributed by atoms with E-state index in [9.17, 15) is 9.59 Å². The van der Waals surface area contributed by atoms with Crippen LogP contribution in [0.4, 0.5) is 0 Å². The summed E-state index contributed by atoms with van der Waals surface area (Å²) in [5.41, 5.74) is 6.74. The zero-order valence-corrected chi connectivity index (χ0v) is 20.9. The number of fused-ring (bicyclic) bond motifs is 4. The minimum Gasteiger partial charge on any atom is -0.464 e. The minimum atomic E-state index is -0.506. The van der Waals surface area contributed by atoms with E-state index in [4.69, 9.17) is 9.72 Å². The molecule has 0 radical (unpaired) electrons. The Morgan fingerprint density at radius 2 is 1.59 bits per heavy atom. The number of hydrogen-bond donors (Lipinski definition) is 0. The van der Waals surface area contributed by atoms with Crippen molar-refractivity contribution >= 4 is 44.6 Å². The highest BCUT2D eigenvalue weighted by Gasteiger charge is 2.23. The van der Waals surface area contributed by atoms with Crippen LogP contribution in [0.15, 0.2) is 85.1 Å². The van der Waals surface area contributed by atoms with Gasteiger partial charge in [0.05, 0.1) is 23.8 Å². The number of ether oxygens (including phenoxy) is 1. The summed E-state index contributed by atoms with van der Waals surface area (Å²) in [6.45, 7) is 4.25. The van der Waals surface area contributed by atoms with Gasteiger partial charge in [-0.2, -0.15) is 0 Å². The van der Waals surface area contributed by atoms with E-state index in [0.29, 0.717) is 12.2 Å². The molecule has 3 aromatic carbocycles. The Bertz CT molecular complexity index is 1860. The molecule has 0 aliphatic rings. The van der Waals surface area contributed by atoms with E-state index in [1.165, 1.54) is 12.7 Å². The molecule has 0 atom stereocenters. The molecule has 0 fully saturated rings. The van der Waals surface area contributed by atoms with Crippen molar-refractivity contribution in [2.75, 3.05) is 7.11 Å². The van der Waals surface area contributed by atoms with Crippen molar-refractivity contribution in [1.82, 2.24) is 14.1 Å². The molecular formula is C31H25N3O3. The van der Waals surface area contributed by atoms with Crippen molar-refractivity contribution in [3.8, 4) is 11.3 Å². The first-order valence-electron chi connectivity index (χ1n) is 12.1. The molecule has 0 spiro atoms. The zero-order chi connectivity index (χ0) is 25.7. The van der Waals surface area contributed by atoms with Gasteiger partial charge in [-0.25, -0.2) is 9.78 Å². The predicted molar refractivity (Wildman–Crippen MR) is 146 cm³/mol. The van der Waals surface area contributed by atoms with E-state index in [1.54, 1.807) is 11.5 Å². The highest BCUT2D eigenvalue weighted by Crippen LogP contribution is 2.39. The average Bonchev–Trinajstić information content (AvgIpc) is 3.45. The molecule has 0 aliphatic heterocycles. The minimum absolute atomic E-state index is 0.0943. The van der Waals surface area contributed by atoms with E-state index in [0.717, 1.165) is 43.8 Å². The third-order valence-corrected chi connectivity index (χ3v) is 6.87. The van der Waals surface area contributed by atoms with E-state index >= 15 is 0 Å². The van der Waals surface area contributed by atoms with E-state index in [2.05, 4.69) is 47.9 Å². The molecule has 3 heterocycles. The second-order valence-corrected chi connectivity index (χ2v) is 9.29. The second-order valence-electron chi connectivity index (χ2n) is 9.29. The lowest BCUT2D eigenvalue weighted by Gasteiger charge is -2.12. The van der Waals surface area contributed by atoms with Crippen LogP contribution in [0.1, 0.15) is 33.3 Å². The number of carbonyl (C=O) groups is 2. The lowest BCUT2D eigenvalue weighted by atomic mass is 10.1. The van der Waals surface area contributed by atoms with Crippen LogP contribution in [0.5, 0.6) is 0 Å². The molecule has 6 aromatic rings. The third-order valence-electron chi connectivity index (χ3n) is 6.87. The zero-order valence-electron chi connectivity index (χ0n) is 20.9. The molecule has 6 rings (SSSR count). The number of hydrogen-bond acceptors (Lipinski definition) is 4. The molecule has 0 amide bonds. The van der Waals surface area contributed by atoms with Crippen LogP contribution in [-0.4, -0.2) is 33.1 Å². The van der Waals surface area contributed by atoms with Gasteiger partial charge >= 0.3 is 5.97 Å². The van der Waals surface area contributed by atoms with Gasteiger partial charge in [0.1, 0.15) is 5.69 Å². The third kappa shape index (κ3) is 3.69. The van der Waals surface area contributed by atoms with Crippen LogP contribution >= 0.6 is 0 Å². The molecule has 6 nitrogen and oxygen atoms in total. The number of aromatic nitrogens is 3. The number of nitrogens with zero attached hydrogens (tertiary/aromatic N) is 3. The maximum Gasteiger partial charge on any atom is 0.356 e. The quantitative estimate of drug-likeness (QED) is 0.262. The molecule has 3 aromatic heterocycles. The summed E-state index contributed by atoms with van der Waals surface area (Å²) >= 11 is 0.